The third-order valence-corrected chi connectivity index (χ3v) is 5.61. The van der Waals surface area contributed by atoms with Crippen LogP contribution in [0.2, 0.25) is 0 Å². The van der Waals surface area contributed by atoms with Gasteiger partial charge in [0.2, 0.25) is 5.91 Å². The first kappa shape index (κ1) is 16.9. The summed E-state index contributed by atoms with van der Waals surface area (Å²) in [5, 5.41) is 6.40. The van der Waals surface area contributed by atoms with E-state index in [9.17, 15) is 4.79 Å². The lowest BCUT2D eigenvalue weighted by molar-refractivity contribution is -0.117. The normalized spacial score (nSPS) is 23.1. The smallest absolute Gasteiger partial charge is 0.238 e. The number of carbonyl (C=O) groups is 1. The Kier molecular flexibility index (Phi) is 5.69. The van der Waals surface area contributed by atoms with Gasteiger partial charge in [-0.05, 0) is 37.1 Å². The Morgan fingerprint density at radius 3 is 2.87 bits per heavy atom. The summed E-state index contributed by atoms with van der Waals surface area (Å²) < 4.78 is 1.06. The first-order valence-corrected chi connectivity index (χ1v) is 9.14. The van der Waals surface area contributed by atoms with Crippen LogP contribution in [0.3, 0.4) is 0 Å². The number of hydrogen-bond acceptors (Lipinski definition) is 4. The number of carbonyl (C=O) groups excluding carboxylic acids is 1. The van der Waals surface area contributed by atoms with E-state index in [1.54, 1.807) is 0 Å². The summed E-state index contributed by atoms with van der Waals surface area (Å²) in [4.78, 5) is 17.1. The zero-order valence-corrected chi connectivity index (χ0v) is 15.2. The van der Waals surface area contributed by atoms with Crippen molar-refractivity contribution < 1.29 is 4.79 Å². The van der Waals surface area contributed by atoms with E-state index in [-0.39, 0.29) is 5.91 Å². The predicted molar refractivity (Wildman–Crippen MR) is 96.8 cm³/mol. The van der Waals surface area contributed by atoms with Gasteiger partial charge >= 0.3 is 0 Å². The van der Waals surface area contributed by atoms with Gasteiger partial charge in [0.15, 0.2) is 0 Å². The molecule has 0 radical (unpaired) electrons. The minimum Gasteiger partial charge on any atom is -0.325 e. The van der Waals surface area contributed by atoms with Crippen molar-refractivity contribution >= 4 is 27.5 Å². The van der Waals surface area contributed by atoms with Crippen LogP contribution in [-0.4, -0.2) is 67.6 Å². The molecule has 1 aromatic carbocycles. The highest BCUT2D eigenvalue weighted by atomic mass is 79.9. The summed E-state index contributed by atoms with van der Waals surface area (Å²) in [5.41, 5.74) is 2.00. The summed E-state index contributed by atoms with van der Waals surface area (Å²) in [6.07, 6.45) is 1.17. The van der Waals surface area contributed by atoms with Gasteiger partial charge in [0.1, 0.15) is 0 Å². The molecule has 3 rings (SSSR count). The molecule has 2 saturated heterocycles. The third kappa shape index (κ3) is 4.53. The Bertz CT molecular complexity index is 560. The van der Waals surface area contributed by atoms with Gasteiger partial charge in [-0.15, -0.1) is 0 Å². The quantitative estimate of drug-likeness (QED) is 0.833. The number of rotatable bonds is 4. The third-order valence-electron chi connectivity index (χ3n) is 4.72. The lowest BCUT2D eigenvalue weighted by Crippen LogP contribution is -2.49. The van der Waals surface area contributed by atoms with Crippen molar-refractivity contribution in [1.82, 2.24) is 15.1 Å². The average Bonchev–Trinajstić information content (AvgIpc) is 3.00. The monoisotopic (exact) mass is 380 g/mol. The number of benzene rings is 1. The summed E-state index contributed by atoms with van der Waals surface area (Å²) >= 11 is 3.48. The zero-order chi connectivity index (χ0) is 16.2. The molecule has 1 unspecified atom stereocenters. The molecule has 2 N–H and O–H groups in total. The minimum absolute atomic E-state index is 0.0766. The lowest BCUT2D eigenvalue weighted by atomic mass is 10.2. The summed E-state index contributed by atoms with van der Waals surface area (Å²) in [5.74, 6) is 0.0766. The van der Waals surface area contributed by atoms with E-state index in [1.807, 2.05) is 25.1 Å². The van der Waals surface area contributed by atoms with Crippen molar-refractivity contribution in [3.05, 3.63) is 28.2 Å². The van der Waals surface area contributed by atoms with Crippen LogP contribution in [0, 0.1) is 6.92 Å². The number of aryl methyl sites for hydroxylation is 1. The molecule has 5 nitrogen and oxygen atoms in total. The molecular formula is C17H25BrN4O. The molecular weight excluding hydrogens is 356 g/mol. The number of nitrogens with zero attached hydrogens (tertiary/aromatic N) is 2. The minimum atomic E-state index is 0.0766. The molecule has 0 aliphatic carbocycles. The summed E-state index contributed by atoms with van der Waals surface area (Å²) in [6, 6.07) is 6.51. The van der Waals surface area contributed by atoms with Gasteiger partial charge in [-0.3, -0.25) is 14.6 Å². The largest absolute Gasteiger partial charge is 0.325 e. The summed E-state index contributed by atoms with van der Waals surface area (Å²) in [6.45, 7) is 8.95. The van der Waals surface area contributed by atoms with Gasteiger partial charge in [0.05, 0.1) is 6.54 Å². The molecule has 2 fully saturated rings. The fourth-order valence-corrected chi connectivity index (χ4v) is 3.67. The van der Waals surface area contributed by atoms with Crippen molar-refractivity contribution in [1.29, 1.82) is 0 Å². The van der Waals surface area contributed by atoms with Crippen molar-refractivity contribution in [3.8, 4) is 0 Å². The Labute approximate surface area is 146 Å². The predicted octanol–water partition coefficient (Wildman–Crippen LogP) is 1.68. The Morgan fingerprint density at radius 1 is 1.35 bits per heavy atom. The molecule has 2 aliphatic rings. The highest BCUT2D eigenvalue weighted by molar-refractivity contribution is 9.10. The Morgan fingerprint density at radius 2 is 2.13 bits per heavy atom. The maximum atomic E-state index is 12.3. The van der Waals surface area contributed by atoms with E-state index < -0.39 is 0 Å². The molecule has 0 saturated carbocycles. The SMILES string of the molecule is Cc1cc(NC(=O)CN2CCC(N3CCNCC3)C2)ccc1Br. The second kappa shape index (κ2) is 7.75. The molecule has 0 bridgehead atoms. The van der Waals surface area contributed by atoms with Gasteiger partial charge in [-0.2, -0.15) is 0 Å². The number of hydrogen-bond donors (Lipinski definition) is 2. The van der Waals surface area contributed by atoms with Gasteiger partial charge in [0, 0.05) is 55.5 Å². The molecule has 23 heavy (non-hydrogen) atoms. The highest BCUT2D eigenvalue weighted by Crippen LogP contribution is 2.20. The number of anilines is 1. The second-order valence-corrected chi connectivity index (χ2v) is 7.33. The van der Waals surface area contributed by atoms with E-state index >= 15 is 0 Å². The van der Waals surface area contributed by atoms with E-state index in [0.717, 1.165) is 55.0 Å². The van der Waals surface area contributed by atoms with Crippen LogP contribution in [0.4, 0.5) is 5.69 Å². The molecule has 2 aliphatic heterocycles. The van der Waals surface area contributed by atoms with E-state index in [2.05, 4.69) is 36.4 Å². The molecule has 6 heteroatoms. The fourth-order valence-electron chi connectivity index (χ4n) is 3.43. The van der Waals surface area contributed by atoms with Gasteiger partial charge in [-0.1, -0.05) is 15.9 Å². The van der Waals surface area contributed by atoms with Crippen molar-refractivity contribution in [3.63, 3.8) is 0 Å². The van der Waals surface area contributed by atoms with Gasteiger partial charge < -0.3 is 10.6 Å². The van der Waals surface area contributed by atoms with Crippen LogP contribution in [-0.2, 0) is 4.79 Å². The lowest BCUT2D eigenvalue weighted by Gasteiger charge is -2.32. The maximum Gasteiger partial charge on any atom is 0.238 e. The van der Waals surface area contributed by atoms with Crippen LogP contribution in [0.1, 0.15) is 12.0 Å². The van der Waals surface area contributed by atoms with Gasteiger partial charge in [-0.25, -0.2) is 0 Å². The number of nitrogens with one attached hydrogen (secondary N) is 2. The fraction of sp³-hybridized carbons (Fsp3) is 0.588. The van der Waals surface area contributed by atoms with Crippen LogP contribution in [0.25, 0.3) is 0 Å². The average molecular weight is 381 g/mol. The van der Waals surface area contributed by atoms with Crippen molar-refractivity contribution in [2.24, 2.45) is 0 Å². The molecule has 0 spiro atoms. The number of likely N-dealkylation sites (tertiary alicyclic amines) is 1. The van der Waals surface area contributed by atoms with Crippen LogP contribution in [0.15, 0.2) is 22.7 Å². The molecule has 1 amide bonds. The first-order valence-electron chi connectivity index (χ1n) is 8.35. The molecule has 1 atom stereocenters. The first-order chi connectivity index (χ1) is 11.1. The maximum absolute atomic E-state index is 12.3. The van der Waals surface area contributed by atoms with Crippen molar-refractivity contribution in [2.75, 3.05) is 51.1 Å². The molecule has 1 aromatic rings. The Balaban J connectivity index is 1.47. The molecule has 2 heterocycles. The second-order valence-electron chi connectivity index (χ2n) is 6.48. The summed E-state index contributed by atoms with van der Waals surface area (Å²) in [7, 11) is 0. The number of halogens is 1. The standard InChI is InChI=1S/C17H25BrN4O/c1-13-10-14(2-3-16(13)18)20-17(23)12-21-7-4-15(11-21)22-8-5-19-6-9-22/h2-3,10,15,19H,4-9,11-12H2,1H3,(H,20,23). The Hall–Kier alpha value is -0.950. The molecule has 0 aromatic heterocycles. The molecule has 126 valence electrons. The van der Waals surface area contributed by atoms with E-state index in [1.165, 1.54) is 6.42 Å². The van der Waals surface area contributed by atoms with E-state index in [4.69, 9.17) is 0 Å². The number of piperazine rings is 1. The van der Waals surface area contributed by atoms with E-state index in [0.29, 0.717) is 12.6 Å². The van der Waals surface area contributed by atoms with Crippen molar-refractivity contribution in [2.45, 2.75) is 19.4 Å². The van der Waals surface area contributed by atoms with Crippen LogP contribution in [0.5, 0.6) is 0 Å². The topological polar surface area (TPSA) is 47.6 Å². The number of amides is 1. The zero-order valence-electron chi connectivity index (χ0n) is 13.6. The van der Waals surface area contributed by atoms with Gasteiger partial charge in [0.25, 0.3) is 0 Å². The highest BCUT2D eigenvalue weighted by Gasteiger charge is 2.29. The van der Waals surface area contributed by atoms with Crippen LogP contribution < -0.4 is 10.6 Å². The van der Waals surface area contributed by atoms with Crippen LogP contribution >= 0.6 is 15.9 Å².